The van der Waals surface area contributed by atoms with E-state index in [-0.39, 0.29) is 0 Å². The average molecular weight is 448 g/mol. The second-order valence-corrected chi connectivity index (χ2v) is 7.75. The van der Waals surface area contributed by atoms with Crippen LogP contribution in [0.5, 0.6) is 11.5 Å². The molecule has 0 aromatic heterocycles. The minimum Gasteiger partial charge on any atom is -0.497 e. The number of benzene rings is 3. The van der Waals surface area contributed by atoms with Crippen LogP contribution in [-0.2, 0) is 14.4 Å². The second kappa shape index (κ2) is 8.22. The number of hydroxylamine groups is 1. The van der Waals surface area contributed by atoms with Crippen molar-refractivity contribution in [3.63, 3.8) is 0 Å². The highest BCUT2D eigenvalue weighted by Crippen LogP contribution is 2.49. The third-order valence-corrected chi connectivity index (χ3v) is 5.97. The lowest BCUT2D eigenvalue weighted by Gasteiger charge is -2.29. The van der Waals surface area contributed by atoms with E-state index in [1.165, 1.54) is 31.4 Å². The summed E-state index contributed by atoms with van der Waals surface area (Å²) < 4.78 is 24.3. The van der Waals surface area contributed by atoms with Crippen LogP contribution in [0.3, 0.4) is 0 Å². The van der Waals surface area contributed by atoms with Gasteiger partial charge in [-0.2, -0.15) is 0 Å². The molecule has 8 heteroatoms. The minimum absolute atomic E-state index is 0.302. The Bertz CT molecular complexity index is 1200. The molecule has 2 aliphatic heterocycles. The van der Waals surface area contributed by atoms with Gasteiger partial charge in [-0.05, 0) is 48.5 Å². The maximum atomic E-state index is 13.6. The van der Waals surface area contributed by atoms with Crippen molar-refractivity contribution in [2.45, 2.75) is 12.1 Å². The smallest absolute Gasteiger partial charge is 0.266 e. The lowest BCUT2D eigenvalue weighted by atomic mass is 9.90. The van der Waals surface area contributed by atoms with Crippen molar-refractivity contribution in [1.82, 2.24) is 0 Å². The first kappa shape index (κ1) is 21.0. The number of rotatable bonds is 5. The van der Waals surface area contributed by atoms with Crippen LogP contribution in [0.25, 0.3) is 0 Å². The van der Waals surface area contributed by atoms with Crippen LogP contribution in [0, 0.1) is 11.7 Å². The molecule has 0 radical (unpaired) electrons. The topological polar surface area (TPSA) is 68.3 Å². The first-order valence-electron chi connectivity index (χ1n) is 10.4. The lowest BCUT2D eigenvalue weighted by molar-refractivity contribution is -0.126. The van der Waals surface area contributed by atoms with Gasteiger partial charge >= 0.3 is 0 Å². The number of amides is 2. The van der Waals surface area contributed by atoms with Crippen molar-refractivity contribution in [1.29, 1.82) is 0 Å². The van der Waals surface area contributed by atoms with Crippen LogP contribution in [0.2, 0.25) is 0 Å². The van der Waals surface area contributed by atoms with Crippen molar-refractivity contribution < 1.29 is 28.3 Å². The molecule has 0 unspecified atom stereocenters. The summed E-state index contributed by atoms with van der Waals surface area (Å²) in [6.45, 7) is 0. The van der Waals surface area contributed by atoms with Crippen molar-refractivity contribution in [2.75, 3.05) is 24.2 Å². The summed E-state index contributed by atoms with van der Waals surface area (Å²) in [4.78, 5) is 34.1. The number of imide groups is 1. The summed E-state index contributed by atoms with van der Waals surface area (Å²) in [5, 5.41) is 1.59. The molecule has 3 aromatic rings. The van der Waals surface area contributed by atoms with E-state index in [0.29, 0.717) is 28.4 Å². The van der Waals surface area contributed by atoms with Crippen LogP contribution in [0.15, 0.2) is 72.8 Å². The summed E-state index contributed by atoms with van der Waals surface area (Å²) in [5.74, 6) is -1.09. The summed E-state index contributed by atoms with van der Waals surface area (Å²) in [7, 11) is 3.09. The highest BCUT2D eigenvalue weighted by Gasteiger charge is 2.60. The van der Waals surface area contributed by atoms with Crippen molar-refractivity contribution >= 4 is 23.2 Å². The number of halogens is 1. The van der Waals surface area contributed by atoms with Gasteiger partial charge in [-0.25, -0.2) is 14.4 Å². The second-order valence-electron chi connectivity index (χ2n) is 7.75. The van der Waals surface area contributed by atoms with Gasteiger partial charge in [0.25, 0.3) is 5.91 Å². The third kappa shape index (κ3) is 3.39. The quantitative estimate of drug-likeness (QED) is 0.552. The first-order chi connectivity index (χ1) is 16.0. The summed E-state index contributed by atoms with van der Waals surface area (Å²) >= 11 is 0. The first-order valence-corrected chi connectivity index (χ1v) is 10.4. The van der Waals surface area contributed by atoms with Crippen LogP contribution >= 0.6 is 0 Å². The molecule has 168 valence electrons. The van der Waals surface area contributed by atoms with Crippen LogP contribution in [0.4, 0.5) is 15.8 Å². The van der Waals surface area contributed by atoms with Gasteiger partial charge in [0.15, 0.2) is 6.10 Å². The monoisotopic (exact) mass is 448 g/mol. The number of para-hydroxylation sites is 1. The predicted molar refractivity (Wildman–Crippen MR) is 118 cm³/mol. The van der Waals surface area contributed by atoms with E-state index in [0.717, 1.165) is 4.90 Å². The normalized spacial score (nSPS) is 22.0. The highest BCUT2D eigenvalue weighted by atomic mass is 19.1. The van der Waals surface area contributed by atoms with Gasteiger partial charge in [0.05, 0.1) is 31.6 Å². The van der Waals surface area contributed by atoms with Gasteiger partial charge in [0, 0.05) is 11.6 Å². The SMILES string of the molecule is COc1ccc([C@H]2[C@H]3C(=O)N(c4ccc(F)cc4)C(=O)[C@H]3ON2c2ccccc2)c(OC)c1. The Labute approximate surface area is 189 Å². The van der Waals surface area contributed by atoms with E-state index in [2.05, 4.69) is 0 Å². The van der Waals surface area contributed by atoms with Gasteiger partial charge in [0.1, 0.15) is 23.2 Å². The highest BCUT2D eigenvalue weighted by molar-refractivity contribution is 6.23. The molecule has 7 nitrogen and oxygen atoms in total. The molecular weight excluding hydrogens is 427 g/mol. The molecule has 0 N–H and O–H groups in total. The predicted octanol–water partition coefficient (Wildman–Crippen LogP) is 3.89. The molecule has 5 rings (SSSR count). The van der Waals surface area contributed by atoms with E-state index in [4.69, 9.17) is 14.3 Å². The minimum atomic E-state index is -1.03. The number of anilines is 2. The van der Waals surface area contributed by atoms with Gasteiger partial charge in [-0.3, -0.25) is 14.4 Å². The average Bonchev–Trinajstić information content (AvgIpc) is 3.35. The molecule has 2 fully saturated rings. The number of hydrogen-bond acceptors (Lipinski definition) is 6. The van der Waals surface area contributed by atoms with Crippen molar-refractivity contribution in [2.24, 2.45) is 5.92 Å². The lowest BCUT2D eigenvalue weighted by Crippen LogP contribution is -2.37. The van der Waals surface area contributed by atoms with E-state index in [1.54, 1.807) is 24.3 Å². The molecule has 0 aliphatic carbocycles. The summed E-state index contributed by atoms with van der Waals surface area (Å²) in [6.07, 6.45) is -1.03. The van der Waals surface area contributed by atoms with Crippen LogP contribution in [0.1, 0.15) is 11.6 Å². The Morgan fingerprint density at radius 2 is 1.58 bits per heavy atom. The molecule has 0 bridgehead atoms. The molecule has 0 spiro atoms. The van der Waals surface area contributed by atoms with Gasteiger partial charge in [-0.15, -0.1) is 0 Å². The van der Waals surface area contributed by atoms with Gasteiger partial charge in [0.2, 0.25) is 5.91 Å². The van der Waals surface area contributed by atoms with E-state index < -0.39 is 35.7 Å². The Morgan fingerprint density at radius 3 is 2.24 bits per heavy atom. The number of carbonyl (C=O) groups excluding carboxylic acids is 2. The van der Waals surface area contributed by atoms with E-state index >= 15 is 0 Å². The molecule has 0 saturated carbocycles. The number of nitrogens with zero attached hydrogens (tertiary/aromatic N) is 2. The fourth-order valence-electron chi connectivity index (χ4n) is 4.44. The van der Waals surface area contributed by atoms with Crippen molar-refractivity contribution in [3.05, 3.63) is 84.2 Å². The molecule has 2 amide bonds. The zero-order valence-corrected chi connectivity index (χ0v) is 18.0. The number of carbonyl (C=O) groups is 2. The van der Waals surface area contributed by atoms with Gasteiger partial charge in [-0.1, -0.05) is 18.2 Å². The fourth-order valence-corrected chi connectivity index (χ4v) is 4.44. The largest absolute Gasteiger partial charge is 0.497 e. The molecule has 3 aromatic carbocycles. The fraction of sp³-hybridized carbons (Fsp3) is 0.200. The summed E-state index contributed by atoms with van der Waals surface area (Å²) in [5.41, 5.74) is 1.68. The molecule has 2 saturated heterocycles. The zero-order chi connectivity index (χ0) is 23.1. The summed E-state index contributed by atoms with van der Waals surface area (Å²) in [6, 6.07) is 19.2. The zero-order valence-electron chi connectivity index (χ0n) is 18.0. The Morgan fingerprint density at radius 1 is 0.848 bits per heavy atom. The number of fused-ring (bicyclic) bond motifs is 1. The Balaban J connectivity index is 1.62. The van der Waals surface area contributed by atoms with Crippen molar-refractivity contribution in [3.8, 4) is 11.5 Å². The van der Waals surface area contributed by atoms with E-state index in [1.807, 2.05) is 36.4 Å². The van der Waals surface area contributed by atoms with Crippen LogP contribution in [-0.4, -0.2) is 32.1 Å². The Hall–Kier alpha value is -3.91. The molecule has 2 aliphatic rings. The third-order valence-electron chi connectivity index (χ3n) is 5.97. The molecular formula is C25H21FN2O5. The van der Waals surface area contributed by atoms with Crippen LogP contribution < -0.4 is 19.4 Å². The maximum absolute atomic E-state index is 13.6. The number of methoxy groups -OCH3 is 2. The number of hydrogen-bond donors (Lipinski definition) is 0. The number of ether oxygens (including phenoxy) is 2. The standard InChI is InChI=1S/C25H21FN2O5/c1-31-18-12-13-19(20(14-18)32-2)22-21-23(33-28(22)17-6-4-3-5-7-17)25(30)27(24(21)29)16-10-8-15(26)9-11-16/h3-14,21-23H,1-2H3/t21-,22+,23+/m1/s1. The van der Waals surface area contributed by atoms with Gasteiger partial charge < -0.3 is 9.47 Å². The molecule has 33 heavy (non-hydrogen) atoms. The van der Waals surface area contributed by atoms with E-state index in [9.17, 15) is 14.0 Å². The molecule has 2 heterocycles. The molecule has 3 atom stereocenters. The Kier molecular flexibility index (Phi) is 5.22. The maximum Gasteiger partial charge on any atom is 0.266 e.